The van der Waals surface area contributed by atoms with Crippen molar-refractivity contribution in [2.75, 3.05) is 0 Å². The zero-order chi connectivity index (χ0) is 6.97. The van der Waals surface area contributed by atoms with Crippen LogP contribution < -0.4 is 0 Å². The summed E-state index contributed by atoms with van der Waals surface area (Å²) in [5.41, 5.74) is 0.585. The Kier molecular flexibility index (Phi) is 0.887. The van der Waals surface area contributed by atoms with E-state index in [0.29, 0.717) is 17.8 Å². The van der Waals surface area contributed by atoms with E-state index in [2.05, 4.69) is 5.10 Å². The fourth-order valence-corrected chi connectivity index (χ4v) is 0.802. The molecule has 50 valence electrons. The number of hydrogen-bond donors (Lipinski definition) is 0. The van der Waals surface area contributed by atoms with Gasteiger partial charge in [0.15, 0.2) is 12.0 Å². The van der Waals surface area contributed by atoms with E-state index in [1.54, 1.807) is 12.3 Å². The molecule has 2 rings (SSSR count). The minimum atomic E-state index is 0.295. The van der Waals surface area contributed by atoms with Crippen molar-refractivity contribution in [2.45, 2.75) is 0 Å². The van der Waals surface area contributed by atoms with Crippen molar-refractivity contribution >= 4 is 12.0 Å². The molecule has 0 saturated carbocycles. The predicted octanol–water partition coefficient (Wildman–Crippen LogP) is 0.740. The first-order valence-corrected chi connectivity index (χ1v) is 2.78. The van der Waals surface area contributed by atoms with Gasteiger partial charge in [-0.3, -0.25) is 4.79 Å². The Labute approximate surface area is 56.1 Å². The largest absolute Gasteiger partial charge is 0.434 e. The van der Waals surface area contributed by atoms with Gasteiger partial charge in [-0.25, -0.2) is 4.52 Å². The van der Waals surface area contributed by atoms with Crippen LogP contribution in [0.1, 0.15) is 10.6 Å². The van der Waals surface area contributed by atoms with Crippen molar-refractivity contribution < 1.29 is 9.21 Å². The average molecular weight is 136 g/mol. The Bertz CT molecular complexity index is 332. The van der Waals surface area contributed by atoms with Gasteiger partial charge in [0.25, 0.3) is 0 Å². The molecule has 0 saturated heterocycles. The summed E-state index contributed by atoms with van der Waals surface area (Å²) in [6.45, 7) is 0. The minimum Gasteiger partial charge on any atom is -0.434 e. The van der Waals surface area contributed by atoms with E-state index in [0.717, 1.165) is 0 Å². The van der Waals surface area contributed by atoms with Crippen molar-refractivity contribution in [3.8, 4) is 0 Å². The zero-order valence-electron chi connectivity index (χ0n) is 5.02. The minimum absolute atomic E-state index is 0.295. The molecule has 0 atom stereocenters. The molecule has 0 radical (unpaired) electrons. The summed E-state index contributed by atoms with van der Waals surface area (Å²) >= 11 is 0. The highest BCUT2D eigenvalue weighted by molar-refractivity contribution is 5.70. The van der Waals surface area contributed by atoms with Gasteiger partial charge >= 0.3 is 0 Å². The monoisotopic (exact) mass is 136 g/mol. The Morgan fingerprint density at radius 1 is 1.70 bits per heavy atom. The summed E-state index contributed by atoms with van der Waals surface area (Å²) < 4.78 is 6.49. The molecule has 0 unspecified atom stereocenters. The number of hydrogen-bond acceptors (Lipinski definition) is 3. The molecular formula is C6H4N2O2. The van der Waals surface area contributed by atoms with Crippen molar-refractivity contribution in [1.82, 2.24) is 9.61 Å². The third-order valence-corrected chi connectivity index (χ3v) is 1.22. The maximum absolute atomic E-state index is 10.1. The number of carbonyl (C=O) groups excluding carboxylic acids is 1. The highest BCUT2D eigenvalue weighted by atomic mass is 16.4. The number of oxazole rings is 1. The summed E-state index contributed by atoms with van der Waals surface area (Å²) in [5.74, 6) is 0.295. The lowest BCUT2D eigenvalue weighted by atomic mass is 10.6. The van der Waals surface area contributed by atoms with Crippen LogP contribution in [0.5, 0.6) is 0 Å². The molecule has 4 nitrogen and oxygen atoms in total. The van der Waals surface area contributed by atoms with Crippen LogP contribution in [-0.4, -0.2) is 15.9 Å². The van der Waals surface area contributed by atoms with Gasteiger partial charge in [0.1, 0.15) is 0 Å². The van der Waals surface area contributed by atoms with Gasteiger partial charge in [0.2, 0.25) is 5.71 Å². The molecule has 0 aliphatic rings. The molecule has 0 spiro atoms. The van der Waals surface area contributed by atoms with Crippen LogP contribution in [0.4, 0.5) is 0 Å². The molecule has 0 aliphatic carbocycles. The Balaban J connectivity index is 2.78. The SMILES string of the molecule is O=Cc1cn2nccc2o1. The fraction of sp³-hybridized carbons (Fsp3) is 0. The molecule has 0 bridgehead atoms. The van der Waals surface area contributed by atoms with Gasteiger partial charge in [-0.05, 0) is 0 Å². The maximum atomic E-state index is 10.1. The normalized spacial score (nSPS) is 10.4. The summed E-state index contributed by atoms with van der Waals surface area (Å²) in [7, 11) is 0. The lowest BCUT2D eigenvalue weighted by molar-refractivity contribution is 0.110. The van der Waals surface area contributed by atoms with Crippen LogP contribution in [0.3, 0.4) is 0 Å². The van der Waals surface area contributed by atoms with Gasteiger partial charge in [0, 0.05) is 6.07 Å². The van der Waals surface area contributed by atoms with E-state index in [1.165, 1.54) is 10.7 Å². The van der Waals surface area contributed by atoms with Gasteiger partial charge in [0.05, 0.1) is 12.4 Å². The number of nitrogens with zero attached hydrogens (tertiary/aromatic N) is 2. The van der Waals surface area contributed by atoms with Crippen LogP contribution in [0.2, 0.25) is 0 Å². The third-order valence-electron chi connectivity index (χ3n) is 1.22. The first-order valence-electron chi connectivity index (χ1n) is 2.78. The molecule has 4 heteroatoms. The molecule has 0 fully saturated rings. The van der Waals surface area contributed by atoms with Crippen molar-refractivity contribution in [3.63, 3.8) is 0 Å². The second-order valence-electron chi connectivity index (χ2n) is 1.87. The second kappa shape index (κ2) is 1.70. The van der Waals surface area contributed by atoms with Crippen molar-refractivity contribution in [2.24, 2.45) is 0 Å². The van der Waals surface area contributed by atoms with Gasteiger partial charge in [-0.15, -0.1) is 0 Å². The molecule has 2 aromatic heterocycles. The van der Waals surface area contributed by atoms with Gasteiger partial charge in [-0.2, -0.15) is 5.10 Å². The number of carbonyl (C=O) groups is 1. The number of rotatable bonds is 1. The Morgan fingerprint density at radius 2 is 2.60 bits per heavy atom. The number of fused-ring (bicyclic) bond motifs is 1. The first kappa shape index (κ1) is 5.22. The average Bonchev–Trinajstić information content (AvgIpc) is 2.42. The molecule has 2 aromatic rings. The van der Waals surface area contributed by atoms with Crippen LogP contribution in [0.15, 0.2) is 22.9 Å². The van der Waals surface area contributed by atoms with Crippen LogP contribution in [-0.2, 0) is 0 Å². The molecule has 0 amide bonds. The van der Waals surface area contributed by atoms with E-state index in [1.807, 2.05) is 0 Å². The van der Waals surface area contributed by atoms with Gasteiger partial charge < -0.3 is 4.42 Å². The number of aromatic nitrogens is 2. The molecular weight excluding hydrogens is 132 g/mol. The van der Waals surface area contributed by atoms with E-state index < -0.39 is 0 Å². The Hall–Kier alpha value is -1.58. The van der Waals surface area contributed by atoms with Crippen LogP contribution >= 0.6 is 0 Å². The maximum Gasteiger partial charge on any atom is 0.222 e. The molecule has 2 heterocycles. The third kappa shape index (κ3) is 0.556. The highest BCUT2D eigenvalue weighted by Crippen LogP contribution is 2.05. The lowest BCUT2D eigenvalue weighted by Crippen LogP contribution is -1.77. The lowest BCUT2D eigenvalue weighted by Gasteiger charge is -1.70. The smallest absolute Gasteiger partial charge is 0.222 e. The number of aldehydes is 1. The van der Waals surface area contributed by atoms with Crippen molar-refractivity contribution in [3.05, 3.63) is 24.2 Å². The summed E-state index contributed by atoms with van der Waals surface area (Å²) in [6.07, 6.45) is 3.78. The quantitative estimate of drug-likeness (QED) is 0.543. The van der Waals surface area contributed by atoms with Crippen molar-refractivity contribution in [1.29, 1.82) is 0 Å². The Morgan fingerprint density at radius 3 is 3.30 bits per heavy atom. The topological polar surface area (TPSA) is 47.5 Å². The summed E-state index contributed by atoms with van der Waals surface area (Å²) in [6, 6.07) is 1.69. The first-order chi connectivity index (χ1) is 4.90. The van der Waals surface area contributed by atoms with E-state index in [-0.39, 0.29) is 0 Å². The van der Waals surface area contributed by atoms with E-state index in [9.17, 15) is 4.79 Å². The second-order valence-corrected chi connectivity index (χ2v) is 1.87. The molecule has 0 N–H and O–H groups in total. The fourth-order valence-electron chi connectivity index (χ4n) is 0.802. The molecule has 10 heavy (non-hydrogen) atoms. The van der Waals surface area contributed by atoms with Gasteiger partial charge in [-0.1, -0.05) is 0 Å². The molecule has 0 aromatic carbocycles. The zero-order valence-corrected chi connectivity index (χ0v) is 5.02. The van der Waals surface area contributed by atoms with E-state index in [4.69, 9.17) is 4.42 Å². The van der Waals surface area contributed by atoms with Crippen LogP contribution in [0, 0.1) is 0 Å². The summed E-state index contributed by atoms with van der Waals surface area (Å²) in [4.78, 5) is 10.1. The predicted molar refractivity (Wildman–Crippen MR) is 32.8 cm³/mol. The highest BCUT2D eigenvalue weighted by Gasteiger charge is 2.00. The standard InChI is InChI=1S/C6H4N2O2/c9-4-5-3-8-6(10-5)1-2-7-8/h1-4H. The van der Waals surface area contributed by atoms with Crippen LogP contribution in [0.25, 0.3) is 5.71 Å². The summed E-state index contributed by atoms with van der Waals surface area (Å²) in [5, 5.41) is 3.85. The molecule has 0 aliphatic heterocycles. The van der Waals surface area contributed by atoms with E-state index >= 15 is 0 Å².